The minimum Gasteiger partial charge on any atom is -0.494 e. The van der Waals surface area contributed by atoms with Crippen molar-refractivity contribution in [2.45, 2.75) is 19.9 Å². The van der Waals surface area contributed by atoms with Crippen molar-refractivity contribution in [3.63, 3.8) is 0 Å². The van der Waals surface area contributed by atoms with Gasteiger partial charge < -0.3 is 10.1 Å². The van der Waals surface area contributed by atoms with Gasteiger partial charge in [-0.2, -0.15) is 0 Å². The smallest absolute Gasteiger partial charge is 0.124 e. The Morgan fingerprint density at radius 1 is 1.00 bits per heavy atom. The highest BCUT2D eigenvalue weighted by molar-refractivity contribution is 6.36. The molecule has 0 heterocycles. The van der Waals surface area contributed by atoms with E-state index in [9.17, 15) is 0 Å². The molecule has 0 aromatic heterocycles. The van der Waals surface area contributed by atoms with Gasteiger partial charge in [-0.15, -0.1) is 0 Å². The van der Waals surface area contributed by atoms with Crippen LogP contribution in [0.2, 0.25) is 10.0 Å². The third-order valence-corrected chi connectivity index (χ3v) is 3.89. The van der Waals surface area contributed by atoms with Crippen molar-refractivity contribution in [3.05, 3.63) is 63.6 Å². The van der Waals surface area contributed by atoms with Crippen molar-refractivity contribution >= 4 is 23.2 Å². The van der Waals surface area contributed by atoms with E-state index in [0.29, 0.717) is 16.7 Å². The second-order valence-electron chi connectivity index (χ2n) is 4.60. The summed E-state index contributed by atoms with van der Waals surface area (Å²) >= 11 is 12.7. The zero-order valence-corrected chi connectivity index (χ0v) is 13.7. The van der Waals surface area contributed by atoms with Gasteiger partial charge in [0.1, 0.15) is 5.75 Å². The van der Waals surface area contributed by atoms with Crippen LogP contribution in [-0.4, -0.2) is 13.2 Å². The zero-order valence-electron chi connectivity index (χ0n) is 12.2. The molecule has 1 atom stereocenters. The van der Waals surface area contributed by atoms with E-state index in [-0.39, 0.29) is 6.04 Å². The maximum Gasteiger partial charge on any atom is 0.124 e. The molecule has 2 aromatic carbocycles. The van der Waals surface area contributed by atoms with Gasteiger partial charge in [-0.3, -0.25) is 0 Å². The molecule has 2 nitrogen and oxygen atoms in total. The first-order chi connectivity index (χ1) is 10.2. The number of rotatable bonds is 6. The summed E-state index contributed by atoms with van der Waals surface area (Å²) in [5.41, 5.74) is 1.92. The second kappa shape index (κ2) is 7.69. The van der Waals surface area contributed by atoms with Crippen molar-refractivity contribution in [1.29, 1.82) is 0 Å². The van der Waals surface area contributed by atoms with Crippen LogP contribution >= 0.6 is 23.2 Å². The Bertz CT molecular complexity index is 581. The minimum atomic E-state index is -0.0982. The lowest BCUT2D eigenvalue weighted by molar-refractivity contribution is 0.333. The number of halogens is 2. The molecular weight excluding hydrogens is 305 g/mol. The molecule has 4 heteroatoms. The molecule has 0 radical (unpaired) electrons. The van der Waals surface area contributed by atoms with E-state index in [1.807, 2.05) is 49.4 Å². The van der Waals surface area contributed by atoms with E-state index in [4.69, 9.17) is 27.9 Å². The maximum atomic E-state index is 6.37. The molecule has 0 fully saturated rings. The number of hydrogen-bond acceptors (Lipinski definition) is 2. The first-order valence-electron chi connectivity index (χ1n) is 7.08. The van der Waals surface area contributed by atoms with Crippen molar-refractivity contribution in [1.82, 2.24) is 5.32 Å². The molecule has 0 bridgehead atoms. The van der Waals surface area contributed by atoms with Crippen molar-refractivity contribution in [3.8, 4) is 5.75 Å². The van der Waals surface area contributed by atoms with E-state index in [0.717, 1.165) is 23.4 Å². The summed E-state index contributed by atoms with van der Waals surface area (Å²) in [5, 5.41) is 4.75. The van der Waals surface area contributed by atoms with Gasteiger partial charge in [0, 0.05) is 21.2 Å². The molecule has 0 aliphatic carbocycles. The molecule has 2 rings (SSSR count). The van der Waals surface area contributed by atoms with E-state index >= 15 is 0 Å². The van der Waals surface area contributed by atoms with Gasteiger partial charge in [-0.1, -0.05) is 54.4 Å². The topological polar surface area (TPSA) is 21.3 Å². The van der Waals surface area contributed by atoms with Crippen LogP contribution in [0.5, 0.6) is 5.75 Å². The summed E-state index contributed by atoms with van der Waals surface area (Å²) in [7, 11) is 0. The van der Waals surface area contributed by atoms with Crippen LogP contribution in [0.4, 0.5) is 0 Å². The van der Waals surface area contributed by atoms with Gasteiger partial charge in [0.2, 0.25) is 0 Å². The van der Waals surface area contributed by atoms with Crippen molar-refractivity contribution in [2.24, 2.45) is 0 Å². The lowest BCUT2D eigenvalue weighted by Gasteiger charge is -2.23. The van der Waals surface area contributed by atoms with Crippen LogP contribution in [0.3, 0.4) is 0 Å². The van der Waals surface area contributed by atoms with Crippen LogP contribution in [-0.2, 0) is 0 Å². The van der Waals surface area contributed by atoms with Crippen LogP contribution in [0, 0.1) is 0 Å². The molecule has 0 amide bonds. The van der Waals surface area contributed by atoms with Crippen LogP contribution < -0.4 is 10.1 Å². The number of nitrogens with one attached hydrogen (secondary N) is 1. The largest absolute Gasteiger partial charge is 0.494 e. The number of ether oxygens (including phenoxy) is 1. The Labute approximate surface area is 136 Å². The number of hydrogen-bond donors (Lipinski definition) is 1. The summed E-state index contributed by atoms with van der Waals surface area (Å²) in [6.45, 7) is 5.45. The van der Waals surface area contributed by atoms with Gasteiger partial charge in [0.15, 0.2) is 0 Å². The molecule has 0 spiro atoms. The number of benzene rings is 2. The lowest BCUT2D eigenvalue weighted by Crippen LogP contribution is -2.23. The Balaban J connectivity index is 2.54. The highest BCUT2D eigenvalue weighted by Crippen LogP contribution is 2.37. The Hall–Kier alpha value is -1.22. The summed E-state index contributed by atoms with van der Waals surface area (Å²) in [6, 6.07) is 13.4. The summed E-state index contributed by atoms with van der Waals surface area (Å²) < 4.78 is 5.74. The minimum absolute atomic E-state index is 0.0982. The van der Waals surface area contributed by atoms with E-state index in [1.54, 1.807) is 0 Å². The van der Waals surface area contributed by atoms with Gasteiger partial charge in [0.05, 0.1) is 12.6 Å². The molecule has 1 N–H and O–H groups in total. The first-order valence-corrected chi connectivity index (χ1v) is 7.83. The van der Waals surface area contributed by atoms with E-state index < -0.39 is 0 Å². The highest BCUT2D eigenvalue weighted by Gasteiger charge is 2.22. The molecule has 0 aliphatic rings. The monoisotopic (exact) mass is 323 g/mol. The van der Waals surface area contributed by atoms with Gasteiger partial charge in [-0.05, 0) is 31.7 Å². The predicted octanol–water partition coefficient (Wildman–Crippen LogP) is 5.09. The normalized spacial score (nSPS) is 12.2. The fourth-order valence-electron chi connectivity index (χ4n) is 2.36. The first kappa shape index (κ1) is 16.2. The van der Waals surface area contributed by atoms with E-state index in [2.05, 4.69) is 12.2 Å². The Morgan fingerprint density at radius 2 is 1.67 bits per heavy atom. The van der Waals surface area contributed by atoms with Crippen LogP contribution in [0.25, 0.3) is 0 Å². The van der Waals surface area contributed by atoms with Gasteiger partial charge in [0.25, 0.3) is 0 Å². The average molecular weight is 324 g/mol. The Morgan fingerprint density at radius 3 is 2.29 bits per heavy atom. The van der Waals surface area contributed by atoms with Crippen molar-refractivity contribution in [2.75, 3.05) is 13.2 Å². The van der Waals surface area contributed by atoms with E-state index in [1.165, 1.54) is 0 Å². The molecule has 1 unspecified atom stereocenters. The fourth-order valence-corrected chi connectivity index (χ4v) is 2.98. The number of para-hydroxylation sites is 1. The highest BCUT2D eigenvalue weighted by atomic mass is 35.5. The Kier molecular flexibility index (Phi) is 5.92. The zero-order chi connectivity index (χ0) is 15.2. The summed E-state index contributed by atoms with van der Waals surface area (Å²) in [4.78, 5) is 0. The molecule has 112 valence electrons. The summed E-state index contributed by atoms with van der Waals surface area (Å²) in [6.07, 6.45) is 0. The third kappa shape index (κ3) is 3.70. The molecular formula is C17H19Cl2NO. The molecule has 0 saturated carbocycles. The predicted molar refractivity (Wildman–Crippen MR) is 89.6 cm³/mol. The van der Waals surface area contributed by atoms with Crippen LogP contribution in [0.1, 0.15) is 31.0 Å². The fraction of sp³-hybridized carbons (Fsp3) is 0.294. The lowest BCUT2D eigenvalue weighted by atomic mass is 9.97. The van der Waals surface area contributed by atoms with Gasteiger partial charge >= 0.3 is 0 Å². The second-order valence-corrected chi connectivity index (χ2v) is 5.41. The van der Waals surface area contributed by atoms with Gasteiger partial charge in [-0.25, -0.2) is 0 Å². The van der Waals surface area contributed by atoms with Crippen molar-refractivity contribution < 1.29 is 4.74 Å². The molecule has 21 heavy (non-hydrogen) atoms. The van der Waals surface area contributed by atoms with Crippen LogP contribution in [0.15, 0.2) is 42.5 Å². The third-order valence-electron chi connectivity index (χ3n) is 3.23. The quantitative estimate of drug-likeness (QED) is 0.799. The SMILES string of the molecule is CCNC(c1ccccc1OCC)c1c(Cl)cccc1Cl. The molecule has 0 aliphatic heterocycles. The average Bonchev–Trinajstić information content (AvgIpc) is 2.47. The molecule has 0 saturated heterocycles. The molecule has 2 aromatic rings. The summed E-state index contributed by atoms with van der Waals surface area (Å²) in [5.74, 6) is 0.849. The standard InChI is InChI=1S/C17H19Cl2NO/c1-3-20-17(16-13(18)9-7-10-14(16)19)12-8-5-6-11-15(12)21-4-2/h5-11,17,20H,3-4H2,1-2H3. The maximum absolute atomic E-state index is 6.37.